The topological polar surface area (TPSA) is 86.8 Å². The third kappa shape index (κ3) is 6.48. The number of anilines is 1. The van der Waals surface area contributed by atoms with Crippen molar-refractivity contribution in [3.63, 3.8) is 0 Å². The fraction of sp³-hybridized carbons (Fsp3) is 0.259. The molecular weight excluding hydrogens is 462 g/mol. The Balaban J connectivity index is 1.99. The van der Waals surface area contributed by atoms with Crippen molar-refractivity contribution in [3.05, 3.63) is 96.1 Å². The van der Waals surface area contributed by atoms with E-state index in [1.165, 1.54) is 17.0 Å². The number of nitrogens with one attached hydrogen (secondary N) is 1. The number of para-hydroxylation sites is 1. The molecule has 3 aromatic rings. The van der Waals surface area contributed by atoms with Crippen molar-refractivity contribution >= 4 is 27.5 Å². The van der Waals surface area contributed by atoms with Crippen molar-refractivity contribution in [1.82, 2.24) is 10.2 Å². The molecule has 0 aliphatic heterocycles. The minimum atomic E-state index is -4.04. The third-order valence-corrected chi connectivity index (χ3v) is 7.43. The smallest absolute Gasteiger partial charge is 0.264 e. The average Bonchev–Trinajstić information content (AvgIpc) is 2.86. The van der Waals surface area contributed by atoms with Crippen molar-refractivity contribution < 1.29 is 18.0 Å². The molecule has 0 fully saturated rings. The van der Waals surface area contributed by atoms with Gasteiger partial charge in [-0.05, 0) is 50.6 Å². The lowest BCUT2D eigenvalue weighted by Crippen LogP contribution is -2.51. The number of benzene rings is 3. The summed E-state index contributed by atoms with van der Waals surface area (Å²) in [6, 6.07) is 23.5. The molecule has 0 bridgehead atoms. The quantitative estimate of drug-likeness (QED) is 0.466. The number of hydrogen-bond acceptors (Lipinski definition) is 4. The van der Waals surface area contributed by atoms with Gasteiger partial charge in [-0.3, -0.25) is 13.9 Å². The lowest BCUT2D eigenvalue weighted by atomic mass is 10.1. The van der Waals surface area contributed by atoms with E-state index in [-0.39, 0.29) is 17.3 Å². The second kappa shape index (κ2) is 11.7. The van der Waals surface area contributed by atoms with E-state index in [0.29, 0.717) is 12.2 Å². The van der Waals surface area contributed by atoms with Gasteiger partial charge in [-0.1, -0.05) is 66.2 Å². The lowest BCUT2D eigenvalue weighted by Gasteiger charge is -2.32. The van der Waals surface area contributed by atoms with Crippen LogP contribution in [0.3, 0.4) is 0 Å². The summed E-state index contributed by atoms with van der Waals surface area (Å²) < 4.78 is 28.4. The van der Waals surface area contributed by atoms with Crippen LogP contribution in [-0.4, -0.2) is 44.3 Å². The van der Waals surface area contributed by atoms with Gasteiger partial charge in [-0.15, -0.1) is 0 Å². The molecule has 0 unspecified atom stereocenters. The Morgan fingerprint density at radius 2 is 1.46 bits per heavy atom. The van der Waals surface area contributed by atoms with Gasteiger partial charge in [0.15, 0.2) is 0 Å². The number of hydrogen-bond donors (Lipinski definition) is 1. The molecule has 8 heteroatoms. The first-order valence-electron chi connectivity index (χ1n) is 11.5. The highest BCUT2D eigenvalue weighted by atomic mass is 32.2. The van der Waals surface area contributed by atoms with Crippen LogP contribution in [0.25, 0.3) is 0 Å². The maximum Gasteiger partial charge on any atom is 0.264 e. The predicted molar refractivity (Wildman–Crippen MR) is 137 cm³/mol. The molecule has 0 radical (unpaired) electrons. The molecule has 0 heterocycles. The van der Waals surface area contributed by atoms with Crippen molar-refractivity contribution in [2.24, 2.45) is 0 Å². The van der Waals surface area contributed by atoms with Gasteiger partial charge in [0.25, 0.3) is 10.0 Å². The number of aryl methyl sites for hydroxylation is 1. The molecule has 1 N–H and O–H groups in total. The molecule has 7 nitrogen and oxygen atoms in total. The maximum absolute atomic E-state index is 13.7. The molecule has 2 amide bonds. The molecule has 184 valence electrons. The largest absolute Gasteiger partial charge is 0.355 e. The molecule has 3 aromatic carbocycles. The Morgan fingerprint density at radius 1 is 0.886 bits per heavy atom. The molecule has 0 aliphatic carbocycles. The summed E-state index contributed by atoms with van der Waals surface area (Å²) in [6.45, 7) is 5.47. The monoisotopic (exact) mass is 493 g/mol. The minimum Gasteiger partial charge on any atom is -0.355 e. The van der Waals surface area contributed by atoms with E-state index in [1.807, 2.05) is 37.3 Å². The number of likely N-dealkylation sites (N-methyl/N-ethyl adjacent to an activating group) is 1. The Hall–Kier alpha value is -3.65. The van der Waals surface area contributed by atoms with Gasteiger partial charge in [0.2, 0.25) is 11.8 Å². The fourth-order valence-electron chi connectivity index (χ4n) is 3.65. The lowest BCUT2D eigenvalue weighted by molar-refractivity contribution is -0.139. The van der Waals surface area contributed by atoms with Crippen LogP contribution >= 0.6 is 0 Å². The zero-order valence-electron chi connectivity index (χ0n) is 20.2. The Bertz CT molecular complexity index is 1230. The Labute approximate surface area is 207 Å². The Morgan fingerprint density at radius 3 is 2.03 bits per heavy atom. The Kier molecular flexibility index (Phi) is 8.65. The van der Waals surface area contributed by atoms with Gasteiger partial charge in [0.1, 0.15) is 12.6 Å². The SMILES string of the molecule is CCNC(=O)[C@H](C)N(Cc1ccccc1)C(=O)CN(c1ccccc1)S(=O)(=O)c1ccc(C)cc1. The first-order valence-corrected chi connectivity index (χ1v) is 12.9. The second-order valence-electron chi connectivity index (χ2n) is 8.24. The molecular formula is C27H31N3O4S. The molecule has 3 rings (SSSR count). The van der Waals surface area contributed by atoms with E-state index in [9.17, 15) is 18.0 Å². The van der Waals surface area contributed by atoms with Gasteiger partial charge >= 0.3 is 0 Å². The average molecular weight is 494 g/mol. The van der Waals surface area contributed by atoms with Gasteiger partial charge in [0.05, 0.1) is 10.6 Å². The number of carbonyl (C=O) groups is 2. The zero-order chi connectivity index (χ0) is 25.4. The fourth-order valence-corrected chi connectivity index (χ4v) is 5.06. The highest BCUT2D eigenvalue weighted by Crippen LogP contribution is 2.24. The van der Waals surface area contributed by atoms with Crippen LogP contribution < -0.4 is 9.62 Å². The molecule has 0 saturated carbocycles. The number of nitrogens with zero attached hydrogens (tertiary/aromatic N) is 2. The molecule has 35 heavy (non-hydrogen) atoms. The van der Waals surface area contributed by atoms with Crippen molar-refractivity contribution in [3.8, 4) is 0 Å². The van der Waals surface area contributed by atoms with E-state index in [0.717, 1.165) is 15.4 Å². The van der Waals surface area contributed by atoms with Crippen molar-refractivity contribution in [2.45, 2.75) is 38.3 Å². The first-order chi connectivity index (χ1) is 16.7. The standard InChI is InChI=1S/C27H31N3O4S/c1-4-28-27(32)22(3)29(19-23-11-7-5-8-12-23)26(31)20-30(24-13-9-6-10-14-24)35(33,34)25-17-15-21(2)16-18-25/h5-18,22H,4,19-20H2,1-3H3,(H,28,32)/t22-/m0/s1. The van der Waals surface area contributed by atoms with Gasteiger partial charge < -0.3 is 10.2 Å². The predicted octanol–water partition coefficient (Wildman–Crippen LogP) is 3.74. The van der Waals surface area contributed by atoms with E-state index in [4.69, 9.17) is 0 Å². The van der Waals surface area contributed by atoms with Crippen LogP contribution in [0.4, 0.5) is 5.69 Å². The summed E-state index contributed by atoms with van der Waals surface area (Å²) >= 11 is 0. The normalized spacial score (nSPS) is 12.0. The molecule has 1 atom stereocenters. The summed E-state index contributed by atoms with van der Waals surface area (Å²) in [4.78, 5) is 27.8. The highest BCUT2D eigenvalue weighted by Gasteiger charge is 2.32. The molecule has 0 aliphatic rings. The van der Waals surface area contributed by atoms with Gasteiger partial charge in [-0.2, -0.15) is 0 Å². The van der Waals surface area contributed by atoms with Gasteiger partial charge in [-0.25, -0.2) is 8.42 Å². The molecule has 0 spiro atoms. The van der Waals surface area contributed by atoms with E-state index < -0.39 is 28.5 Å². The summed E-state index contributed by atoms with van der Waals surface area (Å²) in [6.07, 6.45) is 0. The van der Waals surface area contributed by atoms with Crippen LogP contribution in [0.1, 0.15) is 25.0 Å². The van der Waals surface area contributed by atoms with Crippen molar-refractivity contribution in [1.29, 1.82) is 0 Å². The molecule has 0 aromatic heterocycles. The van der Waals surface area contributed by atoms with Crippen LogP contribution in [0, 0.1) is 6.92 Å². The zero-order valence-corrected chi connectivity index (χ0v) is 21.0. The number of carbonyl (C=O) groups excluding carboxylic acids is 2. The van der Waals surface area contributed by atoms with Crippen LogP contribution in [0.2, 0.25) is 0 Å². The minimum absolute atomic E-state index is 0.0890. The number of sulfonamides is 1. The summed E-state index contributed by atoms with van der Waals surface area (Å²) in [5.74, 6) is -0.781. The summed E-state index contributed by atoms with van der Waals surface area (Å²) in [7, 11) is -4.04. The summed E-state index contributed by atoms with van der Waals surface area (Å²) in [5.41, 5.74) is 2.13. The van der Waals surface area contributed by atoms with E-state index >= 15 is 0 Å². The third-order valence-electron chi connectivity index (χ3n) is 5.65. The van der Waals surface area contributed by atoms with Crippen LogP contribution in [0.5, 0.6) is 0 Å². The number of rotatable bonds is 10. The highest BCUT2D eigenvalue weighted by molar-refractivity contribution is 7.92. The van der Waals surface area contributed by atoms with Gasteiger partial charge in [0, 0.05) is 13.1 Å². The second-order valence-corrected chi connectivity index (χ2v) is 10.1. The maximum atomic E-state index is 13.7. The van der Waals surface area contributed by atoms with E-state index in [2.05, 4.69) is 5.32 Å². The number of amides is 2. The van der Waals surface area contributed by atoms with Crippen LogP contribution in [-0.2, 0) is 26.2 Å². The summed E-state index contributed by atoms with van der Waals surface area (Å²) in [5, 5.41) is 2.75. The first kappa shape index (κ1) is 26.0. The molecule has 0 saturated heterocycles. The van der Waals surface area contributed by atoms with E-state index in [1.54, 1.807) is 56.3 Å². The van der Waals surface area contributed by atoms with Crippen LogP contribution in [0.15, 0.2) is 89.8 Å². The van der Waals surface area contributed by atoms with Crippen molar-refractivity contribution in [2.75, 3.05) is 17.4 Å².